The Labute approximate surface area is 131 Å². The molecule has 0 unspecified atom stereocenters. The topological polar surface area (TPSA) is 61.4 Å². The zero-order chi connectivity index (χ0) is 15.4. The second-order valence-corrected chi connectivity index (χ2v) is 6.17. The summed E-state index contributed by atoms with van der Waals surface area (Å²) in [4.78, 5) is 25.0. The Morgan fingerprint density at radius 1 is 1.18 bits per heavy atom. The molecule has 3 heterocycles. The fourth-order valence-corrected chi connectivity index (χ4v) is 3.30. The third-order valence-corrected chi connectivity index (χ3v) is 4.66. The number of hydrogen-bond donors (Lipinski definition) is 1. The van der Waals surface area contributed by atoms with Gasteiger partial charge in [0.2, 0.25) is 5.91 Å². The Bertz CT molecular complexity index is 515. The maximum atomic E-state index is 11.5. The molecule has 1 aromatic heterocycles. The van der Waals surface area contributed by atoms with E-state index in [-0.39, 0.29) is 5.91 Å². The molecule has 0 aliphatic carbocycles. The summed E-state index contributed by atoms with van der Waals surface area (Å²) in [7, 11) is 0. The number of hydrogen-bond acceptors (Lipinski definition) is 5. The SMILES string of the molecule is CC(=O)N1CCCN(c2cncc(C3CCNCC3)n2)CC1. The van der Waals surface area contributed by atoms with Crippen LogP contribution in [-0.2, 0) is 4.79 Å². The number of aromatic nitrogens is 2. The minimum absolute atomic E-state index is 0.163. The van der Waals surface area contributed by atoms with Crippen LogP contribution in [0.25, 0.3) is 0 Å². The van der Waals surface area contributed by atoms with Crippen molar-refractivity contribution in [1.82, 2.24) is 20.2 Å². The lowest BCUT2D eigenvalue weighted by Gasteiger charge is -2.25. The Hall–Kier alpha value is -1.69. The highest BCUT2D eigenvalue weighted by molar-refractivity contribution is 5.73. The van der Waals surface area contributed by atoms with Crippen molar-refractivity contribution < 1.29 is 4.79 Å². The smallest absolute Gasteiger partial charge is 0.219 e. The summed E-state index contributed by atoms with van der Waals surface area (Å²) >= 11 is 0. The second-order valence-electron chi connectivity index (χ2n) is 6.17. The van der Waals surface area contributed by atoms with Crippen LogP contribution in [-0.4, -0.2) is 60.0 Å². The lowest BCUT2D eigenvalue weighted by Crippen LogP contribution is -2.34. The highest BCUT2D eigenvalue weighted by atomic mass is 16.2. The van der Waals surface area contributed by atoms with Gasteiger partial charge in [-0.25, -0.2) is 4.98 Å². The van der Waals surface area contributed by atoms with E-state index < -0.39 is 0 Å². The van der Waals surface area contributed by atoms with Gasteiger partial charge in [0.25, 0.3) is 0 Å². The fourth-order valence-electron chi connectivity index (χ4n) is 3.30. The number of rotatable bonds is 2. The van der Waals surface area contributed by atoms with E-state index in [0.717, 1.165) is 70.0 Å². The van der Waals surface area contributed by atoms with E-state index in [1.54, 1.807) is 6.92 Å². The van der Waals surface area contributed by atoms with Gasteiger partial charge in [0.1, 0.15) is 5.82 Å². The Balaban J connectivity index is 1.70. The standard InChI is InChI=1S/C16H25N5O/c1-13(22)20-7-2-8-21(10-9-20)16-12-18-11-15(19-16)14-3-5-17-6-4-14/h11-12,14,17H,2-10H2,1H3. The van der Waals surface area contributed by atoms with Gasteiger partial charge in [-0.2, -0.15) is 0 Å². The van der Waals surface area contributed by atoms with E-state index in [0.29, 0.717) is 5.92 Å². The summed E-state index contributed by atoms with van der Waals surface area (Å²) in [6, 6.07) is 0. The summed E-state index contributed by atoms with van der Waals surface area (Å²) in [5, 5.41) is 3.39. The third kappa shape index (κ3) is 3.55. The number of nitrogens with one attached hydrogen (secondary N) is 1. The molecule has 120 valence electrons. The first-order valence-corrected chi connectivity index (χ1v) is 8.27. The molecule has 0 spiro atoms. The van der Waals surface area contributed by atoms with Crippen LogP contribution in [0.2, 0.25) is 0 Å². The number of carbonyl (C=O) groups excluding carboxylic acids is 1. The first kappa shape index (κ1) is 15.2. The average molecular weight is 303 g/mol. The van der Waals surface area contributed by atoms with Crippen LogP contribution in [0.15, 0.2) is 12.4 Å². The van der Waals surface area contributed by atoms with Crippen molar-refractivity contribution in [2.45, 2.75) is 32.1 Å². The molecule has 6 heteroatoms. The summed E-state index contributed by atoms with van der Waals surface area (Å²) in [5.41, 5.74) is 1.12. The first-order valence-electron chi connectivity index (χ1n) is 8.27. The van der Waals surface area contributed by atoms with Crippen molar-refractivity contribution in [3.8, 4) is 0 Å². The number of nitrogens with zero attached hydrogens (tertiary/aromatic N) is 4. The molecule has 6 nitrogen and oxygen atoms in total. The van der Waals surface area contributed by atoms with Crippen LogP contribution in [0.1, 0.15) is 37.8 Å². The summed E-state index contributed by atoms with van der Waals surface area (Å²) < 4.78 is 0. The van der Waals surface area contributed by atoms with Gasteiger partial charge in [0, 0.05) is 45.2 Å². The van der Waals surface area contributed by atoms with Crippen molar-refractivity contribution in [2.75, 3.05) is 44.2 Å². The molecular weight excluding hydrogens is 278 g/mol. The second kappa shape index (κ2) is 7.05. The molecule has 0 saturated carbocycles. The van der Waals surface area contributed by atoms with Crippen molar-refractivity contribution in [1.29, 1.82) is 0 Å². The van der Waals surface area contributed by atoms with Gasteiger partial charge >= 0.3 is 0 Å². The molecule has 2 fully saturated rings. The lowest BCUT2D eigenvalue weighted by molar-refractivity contribution is -0.128. The minimum Gasteiger partial charge on any atom is -0.353 e. The largest absolute Gasteiger partial charge is 0.353 e. The van der Waals surface area contributed by atoms with Crippen molar-refractivity contribution in [3.05, 3.63) is 18.1 Å². The molecule has 1 N–H and O–H groups in total. The van der Waals surface area contributed by atoms with E-state index in [4.69, 9.17) is 4.98 Å². The summed E-state index contributed by atoms with van der Waals surface area (Å²) in [6.07, 6.45) is 7.03. The van der Waals surface area contributed by atoms with Crippen molar-refractivity contribution in [2.24, 2.45) is 0 Å². The van der Waals surface area contributed by atoms with Crippen LogP contribution in [0.4, 0.5) is 5.82 Å². The summed E-state index contributed by atoms with van der Waals surface area (Å²) in [6.45, 7) is 7.16. The predicted molar refractivity (Wildman–Crippen MR) is 86.0 cm³/mol. The molecule has 0 atom stereocenters. The molecule has 2 aliphatic rings. The van der Waals surface area contributed by atoms with Crippen LogP contribution >= 0.6 is 0 Å². The van der Waals surface area contributed by atoms with E-state index in [9.17, 15) is 4.79 Å². The molecule has 1 amide bonds. The van der Waals surface area contributed by atoms with Gasteiger partial charge < -0.3 is 15.1 Å². The highest BCUT2D eigenvalue weighted by Gasteiger charge is 2.20. The Morgan fingerprint density at radius 3 is 2.77 bits per heavy atom. The van der Waals surface area contributed by atoms with Gasteiger partial charge in [-0.1, -0.05) is 0 Å². The summed E-state index contributed by atoms with van der Waals surface area (Å²) in [5.74, 6) is 1.65. The van der Waals surface area contributed by atoms with Gasteiger partial charge in [-0.05, 0) is 32.4 Å². The van der Waals surface area contributed by atoms with Gasteiger partial charge in [-0.15, -0.1) is 0 Å². The number of carbonyl (C=O) groups is 1. The van der Waals surface area contributed by atoms with Gasteiger partial charge in [0.15, 0.2) is 0 Å². The average Bonchev–Trinajstić information content (AvgIpc) is 2.82. The quantitative estimate of drug-likeness (QED) is 0.883. The predicted octanol–water partition coefficient (Wildman–Crippen LogP) is 1.00. The number of piperidine rings is 1. The molecule has 22 heavy (non-hydrogen) atoms. The molecule has 0 aromatic carbocycles. The van der Waals surface area contributed by atoms with Crippen LogP contribution < -0.4 is 10.2 Å². The van der Waals surface area contributed by atoms with E-state index in [1.807, 2.05) is 17.3 Å². The van der Waals surface area contributed by atoms with Crippen LogP contribution in [0, 0.1) is 0 Å². The van der Waals surface area contributed by atoms with Crippen molar-refractivity contribution in [3.63, 3.8) is 0 Å². The molecule has 0 bridgehead atoms. The monoisotopic (exact) mass is 303 g/mol. The van der Waals surface area contributed by atoms with Gasteiger partial charge in [-0.3, -0.25) is 9.78 Å². The molecule has 3 rings (SSSR count). The van der Waals surface area contributed by atoms with E-state index >= 15 is 0 Å². The highest BCUT2D eigenvalue weighted by Crippen LogP contribution is 2.24. The van der Waals surface area contributed by atoms with Crippen molar-refractivity contribution >= 4 is 11.7 Å². The molecule has 0 radical (unpaired) electrons. The molecule has 2 saturated heterocycles. The maximum Gasteiger partial charge on any atom is 0.219 e. The first-order chi connectivity index (χ1) is 10.7. The van der Waals surface area contributed by atoms with E-state index in [2.05, 4.69) is 15.2 Å². The maximum absolute atomic E-state index is 11.5. The zero-order valence-electron chi connectivity index (χ0n) is 13.3. The third-order valence-electron chi connectivity index (χ3n) is 4.66. The number of anilines is 1. The Kier molecular flexibility index (Phi) is 4.87. The van der Waals surface area contributed by atoms with Crippen LogP contribution in [0.5, 0.6) is 0 Å². The van der Waals surface area contributed by atoms with E-state index in [1.165, 1.54) is 0 Å². The fraction of sp³-hybridized carbons (Fsp3) is 0.688. The Morgan fingerprint density at radius 2 is 2.00 bits per heavy atom. The number of amides is 1. The van der Waals surface area contributed by atoms with Crippen LogP contribution in [0.3, 0.4) is 0 Å². The van der Waals surface area contributed by atoms with Gasteiger partial charge in [0.05, 0.1) is 11.9 Å². The normalized spacial score (nSPS) is 20.8. The lowest BCUT2D eigenvalue weighted by atomic mass is 9.95. The molecule has 2 aliphatic heterocycles. The zero-order valence-corrected chi connectivity index (χ0v) is 13.3. The minimum atomic E-state index is 0.163. The molecule has 1 aromatic rings. The molecular formula is C16H25N5O.